The first kappa shape index (κ1) is 24.4. The molecule has 1 heterocycles. The number of amides is 1. The van der Waals surface area contributed by atoms with Gasteiger partial charge in [-0.15, -0.1) is 0 Å². The molecule has 0 spiro atoms. The second kappa shape index (κ2) is 10.1. The standard InChI is InChI=1S/C23H28N4O5S/c1-14(2)16-6-8-17(9-7-16)22-26-21(32-27-22)13-24-33(29,30)18-10-11-20(31-5)19(12-18)23(28)25-15(3)4/h6-12,14-15,24H,13H2,1-5H3,(H,25,28). The molecule has 3 aromatic rings. The van der Waals surface area contributed by atoms with Gasteiger partial charge in [0.25, 0.3) is 5.91 Å². The molecule has 1 amide bonds. The van der Waals surface area contributed by atoms with E-state index in [1.54, 1.807) is 0 Å². The summed E-state index contributed by atoms with van der Waals surface area (Å²) in [5, 5.41) is 6.66. The van der Waals surface area contributed by atoms with Crippen LogP contribution in [0, 0.1) is 0 Å². The lowest BCUT2D eigenvalue weighted by Gasteiger charge is -2.13. The van der Waals surface area contributed by atoms with E-state index >= 15 is 0 Å². The zero-order chi connectivity index (χ0) is 24.2. The average Bonchev–Trinajstić information content (AvgIpc) is 3.26. The van der Waals surface area contributed by atoms with E-state index < -0.39 is 15.9 Å². The van der Waals surface area contributed by atoms with Crippen molar-refractivity contribution in [2.24, 2.45) is 0 Å². The lowest BCUT2D eigenvalue weighted by Crippen LogP contribution is -2.31. The van der Waals surface area contributed by atoms with Crippen molar-refractivity contribution in [2.75, 3.05) is 7.11 Å². The molecule has 10 heteroatoms. The Morgan fingerprint density at radius 1 is 1.09 bits per heavy atom. The second-order valence-electron chi connectivity index (χ2n) is 8.10. The number of ether oxygens (including phenoxy) is 1. The Bertz CT molecular complexity index is 1220. The number of nitrogens with zero attached hydrogens (tertiary/aromatic N) is 2. The van der Waals surface area contributed by atoms with Crippen molar-refractivity contribution in [1.29, 1.82) is 0 Å². The van der Waals surface area contributed by atoms with Crippen molar-refractivity contribution < 1.29 is 22.5 Å². The monoisotopic (exact) mass is 472 g/mol. The third-order valence-electron chi connectivity index (χ3n) is 4.86. The first-order valence-corrected chi connectivity index (χ1v) is 12.0. The number of methoxy groups -OCH3 is 1. The Labute approximate surface area is 193 Å². The Kier molecular flexibility index (Phi) is 7.50. The molecule has 2 N–H and O–H groups in total. The molecule has 0 atom stereocenters. The normalized spacial score (nSPS) is 11.7. The van der Waals surface area contributed by atoms with Crippen LogP contribution in [0.5, 0.6) is 5.75 Å². The maximum atomic E-state index is 12.8. The Hall–Kier alpha value is -3.24. The van der Waals surface area contributed by atoms with E-state index in [9.17, 15) is 13.2 Å². The highest BCUT2D eigenvalue weighted by Crippen LogP contribution is 2.23. The molecule has 0 aliphatic rings. The molecule has 0 aliphatic carbocycles. The molecule has 1 aromatic heterocycles. The van der Waals surface area contributed by atoms with Gasteiger partial charge in [-0.2, -0.15) is 4.98 Å². The largest absolute Gasteiger partial charge is 0.496 e. The van der Waals surface area contributed by atoms with E-state index in [-0.39, 0.29) is 34.7 Å². The van der Waals surface area contributed by atoms with Crippen molar-refractivity contribution in [1.82, 2.24) is 20.2 Å². The summed E-state index contributed by atoms with van der Waals surface area (Å²) in [4.78, 5) is 16.6. The van der Waals surface area contributed by atoms with Crippen molar-refractivity contribution in [3.05, 3.63) is 59.5 Å². The Morgan fingerprint density at radius 2 is 1.79 bits per heavy atom. The highest BCUT2D eigenvalue weighted by atomic mass is 32.2. The van der Waals surface area contributed by atoms with Gasteiger partial charge in [0.05, 0.1) is 24.1 Å². The molecule has 0 saturated heterocycles. The zero-order valence-corrected chi connectivity index (χ0v) is 20.1. The SMILES string of the molecule is COc1ccc(S(=O)(=O)NCc2nc(-c3ccc(C(C)C)cc3)no2)cc1C(=O)NC(C)C. The summed E-state index contributed by atoms with van der Waals surface area (Å²) < 4.78 is 38.4. The first-order valence-electron chi connectivity index (χ1n) is 10.5. The van der Waals surface area contributed by atoms with Crippen LogP contribution in [0.2, 0.25) is 0 Å². The van der Waals surface area contributed by atoms with Gasteiger partial charge < -0.3 is 14.6 Å². The topological polar surface area (TPSA) is 123 Å². The number of benzene rings is 2. The van der Waals surface area contributed by atoms with Crippen LogP contribution in [0.4, 0.5) is 0 Å². The quantitative estimate of drug-likeness (QED) is 0.489. The van der Waals surface area contributed by atoms with E-state index in [1.165, 1.54) is 30.9 Å². The number of hydrogen-bond donors (Lipinski definition) is 2. The van der Waals surface area contributed by atoms with E-state index in [4.69, 9.17) is 9.26 Å². The van der Waals surface area contributed by atoms with Crippen molar-refractivity contribution in [3.8, 4) is 17.1 Å². The summed E-state index contributed by atoms with van der Waals surface area (Å²) in [5.74, 6) is 0.745. The van der Waals surface area contributed by atoms with E-state index in [1.807, 2.05) is 38.1 Å². The number of hydrogen-bond acceptors (Lipinski definition) is 7. The van der Waals surface area contributed by atoms with Crippen LogP contribution in [0.1, 0.15) is 55.4 Å². The van der Waals surface area contributed by atoms with Crippen molar-refractivity contribution in [2.45, 2.75) is 51.1 Å². The summed E-state index contributed by atoms with van der Waals surface area (Å²) in [6, 6.07) is 11.7. The molecule has 9 nitrogen and oxygen atoms in total. The van der Waals surface area contributed by atoms with Gasteiger partial charge in [0, 0.05) is 11.6 Å². The fourth-order valence-corrected chi connectivity index (χ4v) is 4.07. The van der Waals surface area contributed by atoms with Crippen LogP contribution >= 0.6 is 0 Å². The van der Waals surface area contributed by atoms with Gasteiger partial charge in [-0.05, 0) is 43.5 Å². The summed E-state index contributed by atoms with van der Waals surface area (Å²) >= 11 is 0. The molecule has 176 valence electrons. The lowest BCUT2D eigenvalue weighted by atomic mass is 10.0. The number of carbonyl (C=O) groups excluding carboxylic acids is 1. The number of carbonyl (C=O) groups is 1. The van der Waals surface area contributed by atoms with Gasteiger partial charge in [-0.25, -0.2) is 13.1 Å². The number of rotatable bonds is 9. The van der Waals surface area contributed by atoms with E-state index in [2.05, 4.69) is 34.0 Å². The summed E-state index contributed by atoms with van der Waals surface area (Å²) in [5.41, 5.74) is 2.09. The van der Waals surface area contributed by atoms with Crippen molar-refractivity contribution >= 4 is 15.9 Å². The van der Waals surface area contributed by atoms with E-state index in [0.29, 0.717) is 11.7 Å². The van der Waals surface area contributed by atoms with Gasteiger partial charge >= 0.3 is 0 Å². The average molecular weight is 473 g/mol. The van der Waals surface area contributed by atoms with Crippen LogP contribution < -0.4 is 14.8 Å². The fraction of sp³-hybridized carbons (Fsp3) is 0.348. The third kappa shape index (κ3) is 5.96. The molecule has 0 bridgehead atoms. The highest BCUT2D eigenvalue weighted by Gasteiger charge is 2.21. The Morgan fingerprint density at radius 3 is 2.39 bits per heavy atom. The molecule has 0 saturated carbocycles. The molecule has 0 aliphatic heterocycles. The Balaban J connectivity index is 1.74. The number of aromatic nitrogens is 2. The minimum atomic E-state index is -3.95. The zero-order valence-electron chi connectivity index (χ0n) is 19.2. The highest BCUT2D eigenvalue weighted by molar-refractivity contribution is 7.89. The molecule has 0 fully saturated rings. The maximum Gasteiger partial charge on any atom is 0.255 e. The van der Waals surface area contributed by atoms with Crippen LogP contribution in [-0.4, -0.2) is 37.6 Å². The minimum absolute atomic E-state index is 0.0822. The molecule has 3 rings (SSSR count). The number of nitrogens with one attached hydrogen (secondary N) is 2. The van der Waals surface area contributed by atoms with Gasteiger partial charge in [-0.1, -0.05) is 43.3 Å². The van der Waals surface area contributed by atoms with Gasteiger partial charge in [0.1, 0.15) is 5.75 Å². The van der Waals surface area contributed by atoms with Gasteiger partial charge in [-0.3, -0.25) is 4.79 Å². The first-order chi connectivity index (χ1) is 15.6. The predicted molar refractivity (Wildman–Crippen MR) is 123 cm³/mol. The minimum Gasteiger partial charge on any atom is -0.496 e. The van der Waals surface area contributed by atoms with Gasteiger partial charge in [0.15, 0.2) is 0 Å². The predicted octanol–water partition coefficient (Wildman–Crippen LogP) is 3.49. The fourth-order valence-electron chi connectivity index (χ4n) is 3.07. The number of sulfonamides is 1. The molecule has 2 aromatic carbocycles. The lowest BCUT2D eigenvalue weighted by molar-refractivity contribution is 0.0940. The van der Waals surface area contributed by atoms with Crippen molar-refractivity contribution in [3.63, 3.8) is 0 Å². The second-order valence-corrected chi connectivity index (χ2v) is 9.87. The summed E-state index contributed by atoms with van der Waals surface area (Å²) in [6.07, 6.45) is 0. The molecular formula is C23H28N4O5S. The molecule has 0 unspecified atom stereocenters. The summed E-state index contributed by atoms with van der Waals surface area (Å²) in [6.45, 7) is 7.64. The van der Waals surface area contributed by atoms with Crippen LogP contribution in [0.3, 0.4) is 0 Å². The van der Waals surface area contributed by atoms with Crippen LogP contribution in [0.25, 0.3) is 11.4 Å². The summed E-state index contributed by atoms with van der Waals surface area (Å²) in [7, 11) is -2.54. The maximum absolute atomic E-state index is 12.8. The van der Waals surface area contributed by atoms with Crippen LogP contribution in [-0.2, 0) is 16.6 Å². The molecular weight excluding hydrogens is 444 g/mol. The molecule has 0 radical (unpaired) electrons. The third-order valence-corrected chi connectivity index (χ3v) is 6.26. The van der Waals surface area contributed by atoms with Crippen LogP contribution in [0.15, 0.2) is 51.9 Å². The van der Waals surface area contributed by atoms with Gasteiger partial charge in [0.2, 0.25) is 21.7 Å². The molecule has 33 heavy (non-hydrogen) atoms. The van der Waals surface area contributed by atoms with E-state index in [0.717, 1.165) is 5.56 Å². The smallest absolute Gasteiger partial charge is 0.255 e.